The van der Waals surface area contributed by atoms with Crippen LogP contribution < -0.4 is 11.0 Å². The third kappa shape index (κ3) is 5.07. The molecule has 2 aromatic carbocycles. The summed E-state index contributed by atoms with van der Waals surface area (Å²) in [6, 6.07) is 15.6. The minimum Gasteiger partial charge on any atom is -0.478 e. The molecule has 1 fully saturated rings. The summed E-state index contributed by atoms with van der Waals surface area (Å²) in [5, 5.41) is 18.6. The predicted octanol–water partition coefficient (Wildman–Crippen LogP) is 2.65. The van der Waals surface area contributed by atoms with E-state index in [1.807, 2.05) is 30.3 Å². The van der Waals surface area contributed by atoms with Crippen LogP contribution in [0.25, 0.3) is 10.9 Å². The van der Waals surface area contributed by atoms with E-state index >= 15 is 0 Å². The van der Waals surface area contributed by atoms with Gasteiger partial charge in [0.1, 0.15) is 11.1 Å². The monoisotopic (exact) mass is 495 g/mol. The summed E-state index contributed by atoms with van der Waals surface area (Å²) in [6.07, 6.45) is -0.733. The highest BCUT2D eigenvalue weighted by molar-refractivity contribution is 5.83. The molecule has 0 spiro atoms. The number of aliphatic carboxylic acids is 1. The van der Waals surface area contributed by atoms with Gasteiger partial charge in [-0.3, -0.25) is 14.5 Å². The molecule has 36 heavy (non-hydrogen) atoms. The van der Waals surface area contributed by atoms with Crippen LogP contribution in [0.5, 0.6) is 0 Å². The number of nitrogens with zero attached hydrogens (tertiary/aromatic N) is 4. The van der Waals surface area contributed by atoms with E-state index in [9.17, 15) is 19.5 Å². The number of hydrogen-bond acceptors (Lipinski definition) is 8. The van der Waals surface area contributed by atoms with E-state index in [4.69, 9.17) is 9.57 Å². The first-order chi connectivity index (χ1) is 17.1. The maximum atomic E-state index is 13.4. The number of hydrogen-bond donors (Lipinski definition) is 2. The number of benzene rings is 2. The summed E-state index contributed by atoms with van der Waals surface area (Å²) in [4.78, 5) is 46.2. The van der Waals surface area contributed by atoms with E-state index in [2.05, 4.69) is 15.8 Å². The first-order valence-corrected chi connectivity index (χ1v) is 11.6. The van der Waals surface area contributed by atoms with Crippen molar-refractivity contribution >= 4 is 23.0 Å². The van der Waals surface area contributed by atoms with Crippen LogP contribution in [-0.4, -0.2) is 55.3 Å². The number of fused-ring (bicyclic) bond motifs is 1. The molecule has 11 nitrogen and oxygen atoms in total. The molecule has 4 rings (SSSR count). The van der Waals surface area contributed by atoms with Gasteiger partial charge in [0.05, 0.1) is 18.0 Å². The van der Waals surface area contributed by atoms with Crippen LogP contribution in [0.4, 0.5) is 4.79 Å². The Kier molecular flexibility index (Phi) is 7.04. The van der Waals surface area contributed by atoms with Gasteiger partial charge >= 0.3 is 12.1 Å². The lowest BCUT2D eigenvalue weighted by Crippen LogP contribution is -2.67. The van der Waals surface area contributed by atoms with Gasteiger partial charge in [-0.2, -0.15) is 10.2 Å². The molecule has 0 saturated carbocycles. The molecule has 2 N–H and O–H groups in total. The van der Waals surface area contributed by atoms with Crippen molar-refractivity contribution in [1.29, 1.82) is 0 Å². The maximum Gasteiger partial charge on any atom is 0.412 e. The molecule has 2 atom stereocenters. The van der Waals surface area contributed by atoms with Crippen LogP contribution >= 0.6 is 0 Å². The van der Waals surface area contributed by atoms with E-state index in [-0.39, 0.29) is 31.4 Å². The summed E-state index contributed by atoms with van der Waals surface area (Å²) in [7, 11) is 0. The molecule has 1 aliphatic heterocycles. The predicted molar refractivity (Wildman–Crippen MR) is 130 cm³/mol. The highest BCUT2D eigenvalue weighted by Crippen LogP contribution is 2.34. The fourth-order valence-electron chi connectivity index (χ4n) is 4.19. The fraction of sp³-hybridized carbons (Fsp3) is 0.400. The molecule has 1 amide bonds. The Morgan fingerprint density at radius 3 is 2.53 bits per heavy atom. The first kappa shape index (κ1) is 25.3. The zero-order valence-electron chi connectivity index (χ0n) is 20.4. The zero-order valence-corrected chi connectivity index (χ0v) is 20.4. The SMILES string of the molecule is CC(C)(C)OC(=O)N1C[C@H](NOCc2ccccc2)CC[C@@]1(C(=O)O)n1nnc2ccccc2c1=O. The lowest BCUT2D eigenvalue weighted by molar-refractivity contribution is -0.168. The van der Waals surface area contributed by atoms with E-state index < -0.39 is 34.9 Å². The second-order valence-electron chi connectivity index (χ2n) is 9.66. The largest absolute Gasteiger partial charge is 0.478 e. The number of nitrogens with one attached hydrogen (secondary N) is 1. The van der Waals surface area contributed by atoms with Crippen LogP contribution in [0.2, 0.25) is 0 Å². The number of aromatic nitrogens is 3. The number of piperidine rings is 1. The normalized spacial score (nSPS) is 20.3. The van der Waals surface area contributed by atoms with E-state index in [0.29, 0.717) is 5.52 Å². The maximum absolute atomic E-state index is 13.4. The number of likely N-dealkylation sites (tertiary alicyclic amines) is 1. The second kappa shape index (κ2) is 10.0. The van der Waals surface area contributed by atoms with Gasteiger partial charge in [-0.15, -0.1) is 5.10 Å². The number of amides is 1. The minimum absolute atomic E-state index is 0.100. The van der Waals surface area contributed by atoms with Gasteiger partial charge in [-0.05, 0) is 44.9 Å². The molecular weight excluding hydrogens is 466 g/mol. The molecule has 0 bridgehead atoms. The molecule has 3 aromatic rings. The van der Waals surface area contributed by atoms with Crippen molar-refractivity contribution < 1.29 is 24.3 Å². The smallest absolute Gasteiger partial charge is 0.412 e. The van der Waals surface area contributed by atoms with E-state index in [1.54, 1.807) is 45.0 Å². The van der Waals surface area contributed by atoms with Crippen molar-refractivity contribution in [2.45, 2.75) is 57.5 Å². The van der Waals surface area contributed by atoms with Crippen LogP contribution in [0.1, 0.15) is 39.2 Å². The highest BCUT2D eigenvalue weighted by atomic mass is 16.6. The van der Waals surface area contributed by atoms with Crippen LogP contribution in [0, 0.1) is 0 Å². The Morgan fingerprint density at radius 2 is 1.83 bits per heavy atom. The van der Waals surface area contributed by atoms with Gasteiger partial charge in [0.15, 0.2) is 0 Å². The molecule has 1 aromatic heterocycles. The number of carbonyl (C=O) groups is 2. The Hall–Kier alpha value is -3.83. The summed E-state index contributed by atoms with van der Waals surface area (Å²) >= 11 is 0. The summed E-state index contributed by atoms with van der Waals surface area (Å²) < 4.78 is 6.33. The quantitative estimate of drug-likeness (QED) is 0.495. The average Bonchev–Trinajstić information content (AvgIpc) is 2.84. The summed E-state index contributed by atoms with van der Waals surface area (Å²) in [5.41, 5.74) is 0.506. The van der Waals surface area contributed by atoms with E-state index in [1.165, 1.54) is 0 Å². The number of hydroxylamine groups is 1. The number of carboxylic acids is 1. The van der Waals surface area contributed by atoms with Gasteiger partial charge < -0.3 is 9.84 Å². The summed E-state index contributed by atoms with van der Waals surface area (Å²) in [5.74, 6) is -1.41. The van der Waals surface area contributed by atoms with Gasteiger partial charge in [0, 0.05) is 13.0 Å². The van der Waals surface area contributed by atoms with Crippen molar-refractivity contribution in [3.63, 3.8) is 0 Å². The Morgan fingerprint density at radius 1 is 1.14 bits per heavy atom. The molecule has 0 unspecified atom stereocenters. The molecule has 0 radical (unpaired) electrons. The molecule has 11 heteroatoms. The standard InChI is InChI=1S/C25H29N5O6/c1-24(2,3)36-23(34)29-15-18(27-35-16-17-9-5-4-6-10-17)13-14-25(29,22(32)33)30-21(31)19-11-7-8-12-20(19)26-28-30/h4-12,18,27H,13-16H2,1-3H3,(H,32,33)/t18-,25+/m1/s1. The van der Waals surface area contributed by atoms with Crippen molar-refractivity contribution in [2.75, 3.05) is 6.54 Å². The summed E-state index contributed by atoms with van der Waals surface area (Å²) in [6.45, 7) is 5.22. The van der Waals surface area contributed by atoms with Gasteiger partial charge in [-0.25, -0.2) is 9.59 Å². The zero-order chi connectivity index (χ0) is 25.9. The molecule has 1 saturated heterocycles. The van der Waals surface area contributed by atoms with Gasteiger partial charge in [0.2, 0.25) is 5.66 Å². The molecular formula is C25H29N5O6. The first-order valence-electron chi connectivity index (χ1n) is 11.6. The topological polar surface area (TPSA) is 136 Å². The Bertz CT molecular complexity index is 1310. The third-order valence-corrected chi connectivity index (χ3v) is 5.90. The van der Waals surface area contributed by atoms with Crippen molar-refractivity contribution in [3.05, 3.63) is 70.5 Å². The lowest BCUT2D eigenvalue weighted by Gasteiger charge is -2.45. The molecule has 0 aliphatic carbocycles. The van der Waals surface area contributed by atoms with E-state index in [0.717, 1.165) is 15.1 Å². The fourth-order valence-corrected chi connectivity index (χ4v) is 4.19. The minimum atomic E-state index is -2.13. The Balaban J connectivity index is 1.68. The van der Waals surface area contributed by atoms with Crippen molar-refractivity contribution in [1.82, 2.24) is 25.4 Å². The third-order valence-electron chi connectivity index (χ3n) is 5.90. The molecule has 1 aliphatic rings. The molecule has 190 valence electrons. The van der Waals surface area contributed by atoms with Crippen molar-refractivity contribution in [2.24, 2.45) is 0 Å². The Labute approximate surface area is 207 Å². The average molecular weight is 496 g/mol. The van der Waals surface area contributed by atoms with Crippen LogP contribution in [-0.2, 0) is 26.6 Å². The highest BCUT2D eigenvalue weighted by Gasteiger charge is 2.55. The van der Waals surface area contributed by atoms with Crippen LogP contribution in [0.15, 0.2) is 59.4 Å². The lowest BCUT2D eigenvalue weighted by atomic mass is 9.92. The van der Waals surface area contributed by atoms with Crippen LogP contribution in [0.3, 0.4) is 0 Å². The second-order valence-corrected chi connectivity index (χ2v) is 9.66. The number of rotatable bonds is 6. The molecule has 2 heterocycles. The van der Waals surface area contributed by atoms with Gasteiger partial charge in [0.25, 0.3) is 5.56 Å². The van der Waals surface area contributed by atoms with Gasteiger partial charge in [-0.1, -0.05) is 47.7 Å². The number of carbonyl (C=O) groups excluding carboxylic acids is 1. The number of carboxylic acid groups (broad SMARTS) is 1. The van der Waals surface area contributed by atoms with Crippen molar-refractivity contribution in [3.8, 4) is 0 Å². The number of ether oxygens (including phenoxy) is 1.